The molecule has 0 heterocycles. The molecule has 0 aliphatic heterocycles. The van der Waals surface area contributed by atoms with Crippen molar-refractivity contribution in [3.63, 3.8) is 0 Å². The number of hydrogen-bond donors (Lipinski definition) is 0. The van der Waals surface area contributed by atoms with Crippen LogP contribution in [-0.2, 0) is 6.42 Å². The summed E-state index contributed by atoms with van der Waals surface area (Å²) < 4.78 is 0. The van der Waals surface area contributed by atoms with Gasteiger partial charge in [-0.25, -0.2) is 0 Å². The Balaban J connectivity index is 2.40. The smallest absolute Gasteiger partial charge is 0.00106 e. The minimum atomic E-state index is 1.11. The van der Waals surface area contributed by atoms with Crippen molar-refractivity contribution in [3.05, 3.63) is 58.1 Å². The third-order valence-electron chi connectivity index (χ3n) is 3.73. The van der Waals surface area contributed by atoms with Gasteiger partial charge in [0.25, 0.3) is 0 Å². The summed E-state index contributed by atoms with van der Waals surface area (Å²) in [5, 5.41) is 0. The largest absolute Gasteiger partial charge is 0.0617 e. The first-order valence-electron chi connectivity index (χ1n) is 5.86. The number of benzene rings is 2. The molecule has 0 unspecified atom stereocenters. The van der Waals surface area contributed by atoms with Crippen LogP contribution in [0.15, 0.2) is 30.3 Å². The lowest BCUT2D eigenvalue weighted by atomic mass is 9.95. The van der Waals surface area contributed by atoms with E-state index in [1.165, 1.54) is 38.9 Å². The average molecular weight is 208 g/mol. The van der Waals surface area contributed by atoms with Crippen molar-refractivity contribution in [1.82, 2.24) is 0 Å². The molecule has 0 fully saturated rings. The molecular weight excluding hydrogens is 192 g/mol. The van der Waals surface area contributed by atoms with Gasteiger partial charge in [0.2, 0.25) is 0 Å². The van der Waals surface area contributed by atoms with E-state index in [1.807, 2.05) is 0 Å². The summed E-state index contributed by atoms with van der Waals surface area (Å²) >= 11 is 0. The van der Waals surface area contributed by atoms with E-state index in [1.54, 1.807) is 0 Å². The first-order chi connectivity index (χ1) is 7.68. The van der Waals surface area contributed by atoms with E-state index in [4.69, 9.17) is 0 Å². The van der Waals surface area contributed by atoms with Gasteiger partial charge >= 0.3 is 0 Å². The van der Waals surface area contributed by atoms with Gasteiger partial charge in [-0.05, 0) is 66.1 Å². The van der Waals surface area contributed by atoms with Gasteiger partial charge in [-0.15, -0.1) is 0 Å². The third kappa shape index (κ3) is 1.16. The maximum absolute atomic E-state index is 2.27. The Kier molecular flexibility index (Phi) is 1.94. The molecule has 2 aromatic rings. The Bertz CT molecular complexity index is 577. The second kappa shape index (κ2) is 3.21. The predicted molar refractivity (Wildman–Crippen MR) is 68.9 cm³/mol. The Labute approximate surface area is 96.9 Å². The molecule has 16 heavy (non-hydrogen) atoms. The highest BCUT2D eigenvalue weighted by atomic mass is 14.3. The monoisotopic (exact) mass is 208 g/mol. The second-order valence-electron chi connectivity index (χ2n) is 4.84. The molecule has 0 bridgehead atoms. The standard InChI is InChI=1S/C16H16/c1-10-7-8-12(3)16-14(10)9-13-6-4-5-11(2)15(13)16/h4-8H,9H2,1-3H3. The van der Waals surface area contributed by atoms with Crippen LogP contribution in [0.25, 0.3) is 11.1 Å². The van der Waals surface area contributed by atoms with Crippen molar-refractivity contribution in [3.8, 4) is 11.1 Å². The van der Waals surface area contributed by atoms with Gasteiger partial charge in [-0.2, -0.15) is 0 Å². The molecule has 0 saturated carbocycles. The summed E-state index contributed by atoms with van der Waals surface area (Å²) in [7, 11) is 0. The molecule has 1 aliphatic rings. The van der Waals surface area contributed by atoms with Crippen LogP contribution < -0.4 is 0 Å². The Morgan fingerprint density at radius 2 is 1.44 bits per heavy atom. The van der Waals surface area contributed by atoms with Gasteiger partial charge in [0.15, 0.2) is 0 Å². The molecule has 1 aliphatic carbocycles. The zero-order valence-corrected chi connectivity index (χ0v) is 10.1. The summed E-state index contributed by atoms with van der Waals surface area (Å²) in [6.45, 7) is 6.66. The van der Waals surface area contributed by atoms with Crippen LogP contribution in [0.1, 0.15) is 27.8 Å². The normalized spacial score (nSPS) is 12.4. The van der Waals surface area contributed by atoms with Crippen molar-refractivity contribution >= 4 is 0 Å². The molecule has 2 aromatic carbocycles. The van der Waals surface area contributed by atoms with Gasteiger partial charge in [-0.3, -0.25) is 0 Å². The van der Waals surface area contributed by atoms with Crippen LogP contribution in [0.4, 0.5) is 0 Å². The summed E-state index contributed by atoms with van der Waals surface area (Å²) in [6.07, 6.45) is 1.11. The fourth-order valence-corrected chi connectivity index (χ4v) is 2.87. The van der Waals surface area contributed by atoms with E-state index in [9.17, 15) is 0 Å². The van der Waals surface area contributed by atoms with Gasteiger partial charge < -0.3 is 0 Å². The number of aryl methyl sites for hydroxylation is 3. The van der Waals surface area contributed by atoms with Crippen LogP contribution in [0.2, 0.25) is 0 Å². The van der Waals surface area contributed by atoms with Crippen LogP contribution in [0, 0.1) is 20.8 Å². The molecule has 0 atom stereocenters. The van der Waals surface area contributed by atoms with Gasteiger partial charge in [0.05, 0.1) is 0 Å². The van der Waals surface area contributed by atoms with E-state index in [-0.39, 0.29) is 0 Å². The fraction of sp³-hybridized carbons (Fsp3) is 0.250. The van der Waals surface area contributed by atoms with Gasteiger partial charge in [0, 0.05) is 0 Å². The van der Waals surface area contributed by atoms with Crippen LogP contribution in [-0.4, -0.2) is 0 Å². The molecule has 0 nitrogen and oxygen atoms in total. The average Bonchev–Trinajstić information content (AvgIpc) is 2.65. The third-order valence-corrected chi connectivity index (χ3v) is 3.73. The van der Waals surface area contributed by atoms with Crippen LogP contribution in [0.5, 0.6) is 0 Å². The van der Waals surface area contributed by atoms with E-state index in [2.05, 4.69) is 51.1 Å². The number of hydrogen-bond acceptors (Lipinski definition) is 0. The predicted octanol–water partition coefficient (Wildman–Crippen LogP) is 4.18. The molecule has 0 aromatic heterocycles. The molecule has 0 amide bonds. The molecule has 80 valence electrons. The number of rotatable bonds is 0. The van der Waals surface area contributed by atoms with Crippen molar-refractivity contribution in [2.45, 2.75) is 27.2 Å². The highest BCUT2D eigenvalue weighted by molar-refractivity contribution is 5.82. The number of fused-ring (bicyclic) bond motifs is 3. The van der Waals surface area contributed by atoms with Crippen molar-refractivity contribution in [2.24, 2.45) is 0 Å². The Morgan fingerprint density at radius 1 is 0.750 bits per heavy atom. The zero-order valence-electron chi connectivity index (χ0n) is 10.1. The fourth-order valence-electron chi connectivity index (χ4n) is 2.87. The lowest BCUT2D eigenvalue weighted by Gasteiger charge is -2.09. The molecule has 3 rings (SSSR count). The Morgan fingerprint density at radius 3 is 2.25 bits per heavy atom. The molecule has 0 saturated heterocycles. The lowest BCUT2D eigenvalue weighted by Crippen LogP contribution is -1.89. The highest BCUT2D eigenvalue weighted by Crippen LogP contribution is 2.41. The molecular formula is C16H16. The van der Waals surface area contributed by atoms with Crippen LogP contribution >= 0.6 is 0 Å². The van der Waals surface area contributed by atoms with Gasteiger partial charge in [-0.1, -0.05) is 30.3 Å². The van der Waals surface area contributed by atoms with Gasteiger partial charge in [0.1, 0.15) is 0 Å². The van der Waals surface area contributed by atoms with E-state index >= 15 is 0 Å². The minimum Gasteiger partial charge on any atom is -0.0617 e. The van der Waals surface area contributed by atoms with E-state index < -0.39 is 0 Å². The first-order valence-corrected chi connectivity index (χ1v) is 5.86. The van der Waals surface area contributed by atoms with Crippen LogP contribution in [0.3, 0.4) is 0 Å². The Hall–Kier alpha value is -1.56. The summed E-state index contributed by atoms with van der Waals surface area (Å²) in [4.78, 5) is 0. The topological polar surface area (TPSA) is 0 Å². The first kappa shape index (κ1) is 9.65. The molecule has 0 spiro atoms. The minimum absolute atomic E-state index is 1.11. The summed E-state index contributed by atoms with van der Waals surface area (Å²) in [5.74, 6) is 0. The maximum atomic E-state index is 2.27. The molecule has 0 radical (unpaired) electrons. The zero-order chi connectivity index (χ0) is 11.3. The summed E-state index contributed by atoms with van der Waals surface area (Å²) in [5.41, 5.74) is 10.2. The molecule has 0 N–H and O–H groups in total. The summed E-state index contributed by atoms with van der Waals surface area (Å²) in [6, 6.07) is 11.1. The molecule has 0 heteroatoms. The quantitative estimate of drug-likeness (QED) is 0.520. The maximum Gasteiger partial charge on any atom is -0.00106 e. The van der Waals surface area contributed by atoms with E-state index in [0.29, 0.717) is 0 Å². The SMILES string of the molecule is Cc1ccc(C)c2c1Cc1cccc(C)c1-2. The lowest BCUT2D eigenvalue weighted by molar-refractivity contribution is 1.21. The second-order valence-corrected chi connectivity index (χ2v) is 4.84. The van der Waals surface area contributed by atoms with Crippen molar-refractivity contribution in [2.75, 3.05) is 0 Å². The highest BCUT2D eigenvalue weighted by Gasteiger charge is 2.22. The van der Waals surface area contributed by atoms with E-state index in [0.717, 1.165) is 6.42 Å². The van der Waals surface area contributed by atoms with Crippen molar-refractivity contribution in [1.29, 1.82) is 0 Å². The van der Waals surface area contributed by atoms with Crippen molar-refractivity contribution < 1.29 is 0 Å².